The predicted octanol–water partition coefficient (Wildman–Crippen LogP) is 2.46. The van der Waals surface area contributed by atoms with Crippen LogP contribution in [-0.2, 0) is 30.9 Å². The van der Waals surface area contributed by atoms with Crippen molar-refractivity contribution in [2.75, 3.05) is 7.05 Å². The Kier molecular flexibility index (Phi) is 5.53. The molecule has 1 aliphatic rings. The number of amides is 1. The van der Waals surface area contributed by atoms with Gasteiger partial charge in [0, 0.05) is 13.6 Å². The van der Waals surface area contributed by atoms with Crippen LogP contribution in [0.4, 0.5) is 4.39 Å². The van der Waals surface area contributed by atoms with E-state index < -0.39 is 0 Å². The average Bonchev–Trinajstić information content (AvgIpc) is 3.19. The first-order chi connectivity index (χ1) is 14.1. The minimum absolute atomic E-state index is 0.0427. The highest BCUT2D eigenvalue weighted by molar-refractivity contribution is 5.82. The van der Waals surface area contributed by atoms with Gasteiger partial charge in [0.05, 0.1) is 12.6 Å². The van der Waals surface area contributed by atoms with E-state index in [4.69, 9.17) is 9.26 Å². The molecule has 3 aromatic rings. The predicted molar refractivity (Wildman–Crippen MR) is 102 cm³/mol. The fourth-order valence-electron chi connectivity index (χ4n) is 3.43. The molecule has 1 amide bonds. The fourth-order valence-corrected chi connectivity index (χ4v) is 3.43. The number of hydrogen-bond donors (Lipinski definition) is 1. The van der Waals surface area contributed by atoms with Crippen LogP contribution in [0.25, 0.3) is 0 Å². The molecule has 2 aromatic carbocycles. The standard InChI is InChI=1S/C21H21FN4O3/c1-23-21(27)18-10-14-4-2-3-5-15(14)11-26(18)12-20-24-19(25-29-20)13-28-17-8-6-16(22)7-9-17/h2-9,18H,10-13H2,1H3,(H,23,27)/t18-/m0/s1. The van der Waals surface area contributed by atoms with Crippen molar-refractivity contribution in [2.45, 2.75) is 32.2 Å². The Bertz CT molecular complexity index is 990. The lowest BCUT2D eigenvalue weighted by molar-refractivity contribution is -0.127. The van der Waals surface area contributed by atoms with E-state index in [2.05, 4.69) is 27.6 Å². The van der Waals surface area contributed by atoms with Gasteiger partial charge in [-0.3, -0.25) is 9.69 Å². The van der Waals surface area contributed by atoms with Crippen LogP contribution in [0.1, 0.15) is 22.8 Å². The summed E-state index contributed by atoms with van der Waals surface area (Å²) in [7, 11) is 1.64. The Hall–Kier alpha value is -3.26. The summed E-state index contributed by atoms with van der Waals surface area (Å²) in [6.45, 7) is 1.09. The van der Waals surface area contributed by atoms with Crippen molar-refractivity contribution >= 4 is 5.91 Å². The van der Waals surface area contributed by atoms with Gasteiger partial charge in [0.2, 0.25) is 17.6 Å². The number of halogens is 1. The van der Waals surface area contributed by atoms with Gasteiger partial charge in [0.25, 0.3) is 0 Å². The molecule has 1 atom stereocenters. The molecule has 0 aliphatic carbocycles. The third kappa shape index (κ3) is 4.43. The fraction of sp³-hybridized carbons (Fsp3) is 0.286. The molecule has 0 unspecified atom stereocenters. The van der Waals surface area contributed by atoms with E-state index in [1.165, 1.54) is 35.4 Å². The highest BCUT2D eigenvalue weighted by atomic mass is 19.1. The molecule has 29 heavy (non-hydrogen) atoms. The van der Waals surface area contributed by atoms with Crippen molar-refractivity contribution in [1.29, 1.82) is 0 Å². The lowest BCUT2D eigenvalue weighted by Gasteiger charge is -2.34. The van der Waals surface area contributed by atoms with Crippen molar-refractivity contribution in [3.05, 3.63) is 77.2 Å². The second-order valence-corrected chi connectivity index (χ2v) is 6.85. The number of ether oxygens (including phenoxy) is 1. The monoisotopic (exact) mass is 396 g/mol. The Morgan fingerprint density at radius 2 is 2.00 bits per heavy atom. The number of fused-ring (bicyclic) bond motifs is 1. The normalized spacial score (nSPS) is 16.3. The van der Waals surface area contributed by atoms with Crippen molar-refractivity contribution in [1.82, 2.24) is 20.4 Å². The van der Waals surface area contributed by atoms with Gasteiger partial charge < -0.3 is 14.6 Å². The quantitative estimate of drug-likeness (QED) is 0.690. The minimum Gasteiger partial charge on any atom is -0.485 e. The third-order valence-electron chi connectivity index (χ3n) is 4.92. The van der Waals surface area contributed by atoms with E-state index in [0.29, 0.717) is 37.0 Å². The van der Waals surface area contributed by atoms with Crippen LogP contribution in [0, 0.1) is 5.82 Å². The maximum Gasteiger partial charge on any atom is 0.240 e. The number of aromatic nitrogens is 2. The van der Waals surface area contributed by atoms with Crippen molar-refractivity contribution in [3.63, 3.8) is 0 Å². The molecule has 2 heterocycles. The van der Waals surface area contributed by atoms with Crippen LogP contribution >= 0.6 is 0 Å². The van der Waals surface area contributed by atoms with Gasteiger partial charge in [-0.15, -0.1) is 0 Å². The summed E-state index contributed by atoms with van der Waals surface area (Å²) in [5.74, 6) is 0.950. The maximum absolute atomic E-state index is 13.0. The van der Waals surface area contributed by atoms with Gasteiger partial charge >= 0.3 is 0 Å². The summed E-state index contributed by atoms with van der Waals surface area (Å²) in [6.07, 6.45) is 0.629. The first-order valence-electron chi connectivity index (χ1n) is 9.34. The van der Waals surface area contributed by atoms with Crippen molar-refractivity contribution in [2.24, 2.45) is 0 Å². The SMILES string of the molecule is CNC(=O)[C@@H]1Cc2ccccc2CN1Cc1nc(COc2ccc(F)cc2)no1. The van der Waals surface area contributed by atoms with Crippen LogP contribution in [0.2, 0.25) is 0 Å². The molecule has 1 aromatic heterocycles. The maximum atomic E-state index is 13.0. The third-order valence-corrected chi connectivity index (χ3v) is 4.92. The Morgan fingerprint density at radius 1 is 1.24 bits per heavy atom. The van der Waals surface area contributed by atoms with E-state index in [9.17, 15) is 9.18 Å². The summed E-state index contributed by atoms with van der Waals surface area (Å²) in [5, 5.41) is 6.67. The molecular weight excluding hydrogens is 375 g/mol. The minimum atomic E-state index is -0.326. The molecule has 150 valence electrons. The average molecular weight is 396 g/mol. The lowest BCUT2D eigenvalue weighted by atomic mass is 9.93. The summed E-state index contributed by atoms with van der Waals surface area (Å²) in [6, 6.07) is 13.5. The van der Waals surface area contributed by atoms with E-state index in [0.717, 1.165) is 0 Å². The highest BCUT2D eigenvalue weighted by Crippen LogP contribution is 2.25. The molecule has 1 N–H and O–H groups in total. The van der Waals surface area contributed by atoms with Crippen LogP contribution in [0.3, 0.4) is 0 Å². The molecule has 0 fully saturated rings. The number of likely N-dealkylation sites (N-methyl/N-ethyl adjacent to an activating group) is 1. The summed E-state index contributed by atoms with van der Waals surface area (Å²) >= 11 is 0. The van der Waals surface area contributed by atoms with Crippen LogP contribution < -0.4 is 10.1 Å². The lowest BCUT2D eigenvalue weighted by Crippen LogP contribution is -2.49. The van der Waals surface area contributed by atoms with Gasteiger partial charge in [-0.1, -0.05) is 29.4 Å². The van der Waals surface area contributed by atoms with Gasteiger partial charge in [-0.2, -0.15) is 4.98 Å². The van der Waals surface area contributed by atoms with Gasteiger partial charge in [0.15, 0.2) is 6.61 Å². The van der Waals surface area contributed by atoms with E-state index in [1.54, 1.807) is 7.05 Å². The summed E-state index contributed by atoms with van der Waals surface area (Å²) in [5.41, 5.74) is 2.36. The van der Waals surface area contributed by atoms with Crippen LogP contribution in [-0.4, -0.2) is 34.0 Å². The first kappa shape index (κ1) is 19.1. The molecule has 7 nitrogen and oxygen atoms in total. The topological polar surface area (TPSA) is 80.5 Å². The zero-order chi connectivity index (χ0) is 20.2. The Balaban J connectivity index is 1.43. The molecule has 4 rings (SSSR count). The number of nitrogens with one attached hydrogen (secondary N) is 1. The Morgan fingerprint density at radius 3 is 2.76 bits per heavy atom. The number of carbonyl (C=O) groups is 1. The molecule has 8 heteroatoms. The number of benzene rings is 2. The Labute approximate surface area is 167 Å². The summed E-state index contributed by atoms with van der Waals surface area (Å²) in [4.78, 5) is 18.8. The molecule has 0 bridgehead atoms. The smallest absolute Gasteiger partial charge is 0.240 e. The first-order valence-corrected chi connectivity index (χ1v) is 9.34. The molecule has 0 saturated carbocycles. The van der Waals surface area contributed by atoms with E-state index in [-0.39, 0.29) is 24.4 Å². The van der Waals surface area contributed by atoms with Gasteiger partial charge in [-0.05, 0) is 41.8 Å². The molecule has 1 aliphatic heterocycles. The number of rotatable bonds is 6. The van der Waals surface area contributed by atoms with E-state index in [1.807, 2.05) is 17.0 Å². The number of nitrogens with zero attached hydrogens (tertiary/aromatic N) is 3. The summed E-state index contributed by atoms with van der Waals surface area (Å²) < 4.78 is 23.8. The van der Waals surface area contributed by atoms with Crippen LogP contribution in [0.5, 0.6) is 5.75 Å². The largest absolute Gasteiger partial charge is 0.485 e. The zero-order valence-corrected chi connectivity index (χ0v) is 16.0. The highest BCUT2D eigenvalue weighted by Gasteiger charge is 2.32. The number of hydrogen-bond acceptors (Lipinski definition) is 6. The van der Waals surface area contributed by atoms with Gasteiger partial charge in [-0.25, -0.2) is 4.39 Å². The van der Waals surface area contributed by atoms with Gasteiger partial charge in [0.1, 0.15) is 11.6 Å². The second kappa shape index (κ2) is 8.40. The zero-order valence-electron chi connectivity index (χ0n) is 16.0. The molecule has 0 spiro atoms. The second-order valence-electron chi connectivity index (χ2n) is 6.85. The van der Waals surface area contributed by atoms with E-state index >= 15 is 0 Å². The molecular formula is C21H21FN4O3. The number of carbonyl (C=O) groups excluding carboxylic acids is 1. The molecule has 0 radical (unpaired) electrons. The van der Waals surface area contributed by atoms with Crippen molar-refractivity contribution < 1.29 is 18.4 Å². The van der Waals surface area contributed by atoms with Crippen LogP contribution in [0.15, 0.2) is 53.1 Å². The molecule has 0 saturated heterocycles. The van der Waals surface area contributed by atoms with Crippen molar-refractivity contribution in [3.8, 4) is 5.75 Å².